The molecule has 3 N–H and O–H groups in total. The van der Waals surface area contributed by atoms with E-state index in [-0.39, 0.29) is 18.1 Å². The van der Waals surface area contributed by atoms with Crippen LogP contribution in [0.5, 0.6) is 0 Å². The van der Waals surface area contributed by atoms with Gasteiger partial charge in [-0.1, -0.05) is 13.8 Å². The number of benzene rings is 1. The van der Waals surface area contributed by atoms with Gasteiger partial charge in [0.2, 0.25) is 0 Å². The van der Waals surface area contributed by atoms with Gasteiger partial charge in [0.25, 0.3) is 0 Å². The Morgan fingerprint density at radius 3 is 2.71 bits per heavy atom. The van der Waals surface area contributed by atoms with Crippen LogP contribution in [0, 0.1) is 0 Å². The number of hydrogen-bond donors (Lipinski definition) is 2. The number of rotatable bonds is 5. The van der Waals surface area contributed by atoms with Gasteiger partial charge < -0.3 is 20.1 Å². The summed E-state index contributed by atoms with van der Waals surface area (Å²) in [5, 5.41) is 9.03. The summed E-state index contributed by atoms with van der Waals surface area (Å²) < 4.78 is 6.67. The molecule has 0 aliphatic rings. The Morgan fingerprint density at radius 2 is 2.14 bits per heavy atom. The molecule has 1 heterocycles. The molecule has 1 amide bonds. The molecule has 0 aliphatic heterocycles. The number of amides is 1. The average molecular weight is 291 g/mol. The van der Waals surface area contributed by atoms with Gasteiger partial charge in [0.15, 0.2) is 0 Å². The van der Waals surface area contributed by atoms with E-state index in [1.54, 1.807) is 6.07 Å². The summed E-state index contributed by atoms with van der Waals surface area (Å²) in [4.78, 5) is 26.1. The van der Waals surface area contributed by atoms with Crippen LogP contribution in [0.4, 0.5) is 4.79 Å². The predicted octanol–water partition coefficient (Wildman–Crippen LogP) is 1.95. The molecule has 0 radical (unpaired) electrons. The van der Waals surface area contributed by atoms with Crippen LogP contribution in [0.3, 0.4) is 0 Å². The zero-order chi connectivity index (χ0) is 15.6. The van der Waals surface area contributed by atoms with Crippen molar-refractivity contribution < 1.29 is 19.4 Å². The van der Waals surface area contributed by atoms with E-state index in [1.807, 2.05) is 18.4 Å². The van der Waals surface area contributed by atoms with Crippen molar-refractivity contribution in [3.05, 3.63) is 29.6 Å². The number of ether oxygens (including phenoxy) is 1. The van der Waals surface area contributed by atoms with E-state index >= 15 is 0 Å². The number of carbonyl (C=O) groups excluding carboxylic acids is 1. The molecule has 0 atom stereocenters. The number of aromatic nitrogens is 2. The largest absolute Gasteiger partial charge is 0.478 e. The van der Waals surface area contributed by atoms with Gasteiger partial charge >= 0.3 is 12.1 Å². The number of fused-ring (bicyclic) bond motifs is 1. The van der Waals surface area contributed by atoms with Crippen molar-refractivity contribution in [3.8, 4) is 0 Å². The lowest BCUT2D eigenvalue weighted by molar-refractivity contribution is 0.0697. The summed E-state index contributed by atoms with van der Waals surface area (Å²) in [7, 11) is 0. The molecule has 2 rings (SSSR count). The smallest absolute Gasteiger partial charge is 0.404 e. The molecule has 0 saturated carbocycles. The van der Waals surface area contributed by atoms with Crippen LogP contribution < -0.4 is 5.73 Å². The number of imidazole rings is 1. The molecule has 0 fully saturated rings. The lowest BCUT2D eigenvalue weighted by Crippen LogP contribution is -2.17. The van der Waals surface area contributed by atoms with Crippen LogP contribution >= 0.6 is 0 Å². The van der Waals surface area contributed by atoms with E-state index in [1.165, 1.54) is 12.1 Å². The highest BCUT2D eigenvalue weighted by Gasteiger charge is 2.15. The number of nitrogens with two attached hydrogens (primary N) is 1. The van der Waals surface area contributed by atoms with E-state index in [4.69, 9.17) is 15.6 Å². The first-order valence-electron chi connectivity index (χ1n) is 6.56. The lowest BCUT2D eigenvalue weighted by Gasteiger charge is -2.11. The Hall–Kier alpha value is -2.57. The quantitative estimate of drug-likeness (QED) is 0.875. The van der Waals surface area contributed by atoms with Crippen molar-refractivity contribution in [1.82, 2.24) is 9.55 Å². The highest BCUT2D eigenvalue weighted by Crippen LogP contribution is 2.23. The summed E-state index contributed by atoms with van der Waals surface area (Å²) in [5.41, 5.74) is 6.55. The zero-order valence-electron chi connectivity index (χ0n) is 11.9. The van der Waals surface area contributed by atoms with Gasteiger partial charge in [-0.3, -0.25) is 0 Å². The predicted molar refractivity (Wildman–Crippen MR) is 76.3 cm³/mol. The second-order valence-electron chi connectivity index (χ2n) is 4.95. The summed E-state index contributed by atoms with van der Waals surface area (Å²) in [5.74, 6) is -0.0329. The third kappa shape index (κ3) is 3.13. The highest BCUT2D eigenvalue weighted by molar-refractivity contribution is 5.92. The van der Waals surface area contributed by atoms with Gasteiger partial charge in [0, 0.05) is 5.92 Å². The molecular weight excluding hydrogens is 274 g/mol. The minimum atomic E-state index is -0.991. The highest BCUT2D eigenvalue weighted by atomic mass is 16.5. The molecule has 0 aliphatic carbocycles. The fourth-order valence-corrected chi connectivity index (χ4v) is 2.19. The SMILES string of the molecule is CC(C)c1nc2cc(C(=O)O)ccc2n1CCOC(N)=O. The monoisotopic (exact) mass is 291 g/mol. The maximum atomic E-state index is 11.0. The molecule has 7 nitrogen and oxygen atoms in total. The Labute approximate surface area is 121 Å². The van der Waals surface area contributed by atoms with E-state index < -0.39 is 12.1 Å². The molecule has 21 heavy (non-hydrogen) atoms. The molecule has 112 valence electrons. The molecule has 7 heteroatoms. The normalized spacial score (nSPS) is 11.0. The van der Waals surface area contributed by atoms with Crippen molar-refractivity contribution in [2.45, 2.75) is 26.3 Å². The second-order valence-corrected chi connectivity index (χ2v) is 4.95. The van der Waals surface area contributed by atoms with Crippen molar-refractivity contribution in [3.63, 3.8) is 0 Å². The molecule has 1 aromatic carbocycles. The van der Waals surface area contributed by atoms with Crippen molar-refractivity contribution in [2.75, 3.05) is 6.61 Å². The number of hydrogen-bond acceptors (Lipinski definition) is 4. The molecule has 0 bridgehead atoms. The van der Waals surface area contributed by atoms with E-state index in [0.717, 1.165) is 11.3 Å². The summed E-state index contributed by atoms with van der Waals surface area (Å²) in [6.45, 7) is 4.54. The maximum Gasteiger partial charge on any atom is 0.404 e. The van der Waals surface area contributed by atoms with E-state index in [2.05, 4.69) is 4.98 Å². The number of carboxylic acid groups (broad SMARTS) is 1. The molecular formula is C14H17N3O4. The van der Waals surface area contributed by atoms with Gasteiger partial charge in [0.05, 0.1) is 23.1 Å². The van der Waals surface area contributed by atoms with Crippen LogP contribution in [-0.2, 0) is 11.3 Å². The first kappa shape index (κ1) is 14.8. The van der Waals surface area contributed by atoms with Crippen LogP contribution in [-0.4, -0.2) is 33.3 Å². The maximum absolute atomic E-state index is 11.0. The number of carbonyl (C=O) groups is 2. The number of nitrogens with zero attached hydrogens (tertiary/aromatic N) is 2. The topological polar surface area (TPSA) is 107 Å². The second kappa shape index (κ2) is 5.82. The summed E-state index contributed by atoms with van der Waals surface area (Å²) in [6.07, 6.45) is -0.821. The Kier molecular flexibility index (Phi) is 4.11. The number of carboxylic acids is 1. The summed E-state index contributed by atoms with van der Waals surface area (Å²) >= 11 is 0. The molecule has 0 spiro atoms. The minimum Gasteiger partial charge on any atom is -0.478 e. The Bertz CT molecular complexity index is 691. The first-order valence-corrected chi connectivity index (χ1v) is 6.56. The van der Waals surface area contributed by atoms with Gasteiger partial charge in [-0.05, 0) is 18.2 Å². The van der Waals surface area contributed by atoms with Gasteiger partial charge in [0.1, 0.15) is 12.4 Å². The number of primary amides is 1. The van der Waals surface area contributed by atoms with Gasteiger partial charge in [-0.2, -0.15) is 0 Å². The van der Waals surface area contributed by atoms with Gasteiger partial charge in [-0.15, -0.1) is 0 Å². The average Bonchev–Trinajstić information content (AvgIpc) is 2.76. The molecule has 0 unspecified atom stereocenters. The van der Waals surface area contributed by atoms with Crippen LogP contribution in [0.1, 0.15) is 35.9 Å². The Balaban J connectivity index is 2.42. The van der Waals surface area contributed by atoms with Crippen molar-refractivity contribution in [1.29, 1.82) is 0 Å². The number of aromatic carboxylic acids is 1. The summed E-state index contributed by atoms with van der Waals surface area (Å²) in [6, 6.07) is 4.78. The van der Waals surface area contributed by atoms with E-state index in [9.17, 15) is 9.59 Å². The molecule has 2 aromatic rings. The fraction of sp³-hybridized carbons (Fsp3) is 0.357. The first-order chi connectivity index (χ1) is 9.90. The molecule has 1 aromatic heterocycles. The molecule has 0 saturated heterocycles. The Morgan fingerprint density at radius 1 is 1.43 bits per heavy atom. The lowest BCUT2D eigenvalue weighted by atomic mass is 10.2. The van der Waals surface area contributed by atoms with Crippen molar-refractivity contribution in [2.24, 2.45) is 5.73 Å². The van der Waals surface area contributed by atoms with Crippen LogP contribution in [0.2, 0.25) is 0 Å². The van der Waals surface area contributed by atoms with E-state index in [0.29, 0.717) is 12.1 Å². The third-order valence-corrected chi connectivity index (χ3v) is 3.10. The fourth-order valence-electron chi connectivity index (χ4n) is 2.19. The van der Waals surface area contributed by atoms with Crippen LogP contribution in [0.15, 0.2) is 18.2 Å². The van der Waals surface area contributed by atoms with Crippen molar-refractivity contribution >= 4 is 23.1 Å². The zero-order valence-corrected chi connectivity index (χ0v) is 11.9. The van der Waals surface area contributed by atoms with Crippen LogP contribution in [0.25, 0.3) is 11.0 Å². The standard InChI is InChI=1S/C14H17N3O4/c1-8(2)12-16-10-7-9(13(18)19)3-4-11(10)17(12)5-6-21-14(15)20/h3-4,7-8H,5-6H2,1-2H3,(H2,15,20)(H,18,19). The van der Waals surface area contributed by atoms with Gasteiger partial charge in [-0.25, -0.2) is 14.6 Å². The minimum absolute atomic E-state index is 0.140. The third-order valence-electron chi connectivity index (χ3n) is 3.10.